The van der Waals surface area contributed by atoms with Crippen molar-refractivity contribution in [3.8, 4) is 0 Å². The first-order valence-corrected chi connectivity index (χ1v) is 6.61. The second-order valence-corrected chi connectivity index (χ2v) is 5.71. The highest BCUT2D eigenvalue weighted by molar-refractivity contribution is 7.16. The van der Waals surface area contributed by atoms with E-state index in [1.807, 2.05) is 6.07 Å². The second kappa shape index (κ2) is 7.07. The minimum Gasteiger partial charge on any atom is -0.313 e. The summed E-state index contributed by atoms with van der Waals surface area (Å²) in [6.07, 6.45) is 0. The smallest absolute Gasteiger partial charge is 0.0931 e. The maximum Gasteiger partial charge on any atom is 0.0931 e. The number of hydrogen-bond acceptors (Lipinski definition) is 3. The molecule has 1 N–H and O–H groups in total. The van der Waals surface area contributed by atoms with Crippen LogP contribution in [0, 0.1) is 0 Å². The summed E-state index contributed by atoms with van der Waals surface area (Å²) in [5.41, 5.74) is 1.21. The fourth-order valence-corrected chi connectivity index (χ4v) is 2.67. The van der Waals surface area contributed by atoms with Crippen LogP contribution >= 0.6 is 22.9 Å². The third-order valence-corrected chi connectivity index (χ3v) is 3.39. The van der Waals surface area contributed by atoms with Crippen molar-refractivity contribution in [2.24, 2.45) is 0 Å². The largest absolute Gasteiger partial charge is 0.313 e. The molecular weight excluding hydrogens is 240 g/mol. The average Bonchev–Trinajstić information content (AvgIpc) is 2.60. The standard InChI is InChI=1S/C12H19ClN2S/c1-4-14-7-10(2)8-15(3)9-11-5-6-12(13)16-11/h5-6,14H,2,4,7-9H2,1,3H3. The van der Waals surface area contributed by atoms with Gasteiger partial charge in [0.2, 0.25) is 0 Å². The molecular formula is C12H19ClN2S. The molecule has 0 aliphatic carbocycles. The Morgan fingerprint density at radius 3 is 2.88 bits per heavy atom. The zero-order chi connectivity index (χ0) is 12.0. The first kappa shape index (κ1) is 13.7. The van der Waals surface area contributed by atoms with Crippen LogP contribution in [0.25, 0.3) is 0 Å². The van der Waals surface area contributed by atoms with Gasteiger partial charge in [-0.3, -0.25) is 4.90 Å². The van der Waals surface area contributed by atoms with E-state index in [1.165, 1.54) is 10.5 Å². The van der Waals surface area contributed by atoms with Crippen LogP contribution < -0.4 is 5.32 Å². The molecule has 90 valence electrons. The molecule has 0 saturated carbocycles. The van der Waals surface area contributed by atoms with E-state index in [0.717, 1.165) is 30.5 Å². The average molecular weight is 259 g/mol. The van der Waals surface area contributed by atoms with E-state index in [0.29, 0.717) is 0 Å². The number of nitrogens with zero attached hydrogens (tertiary/aromatic N) is 1. The molecule has 0 amide bonds. The number of rotatable bonds is 7. The van der Waals surface area contributed by atoms with Gasteiger partial charge in [0.15, 0.2) is 0 Å². The van der Waals surface area contributed by atoms with Gasteiger partial charge in [-0.2, -0.15) is 0 Å². The van der Waals surface area contributed by atoms with Gasteiger partial charge in [0.25, 0.3) is 0 Å². The highest BCUT2D eigenvalue weighted by Gasteiger charge is 2.04. The van der Waals surface area contributed by atoms with Crippen LogP contribution in [0.5, 0.6) is 0 Å². The third kappa shape index (κ3) is 5.12. The Morgan fingerprint density at radius 1 is 1.56 bits per heavy atom. The van der Waals surface area contributed by atoms with Crippen LogP contribution in [-0.4, -0.2) is 31.6 Å². The summed E-state index contributed by atoms with van der Waals surface area (Å²) in [6, 6.07) is 4.03. The number of nitrogens with one attached hydrogen (secondary N) is 1. The van der Waals surface area contributed by atoms with Crippen molar-refractivity contribution in [2.45, 2.75) is 13.5 Å². The van der Waals surface area contributed by atoms with Gasteiger partial charge in [0, 0.05) is 24.5 Å². The lowest BCUT2D eigenvalue weighted by molar-refractivity contribution is 0.355. The molecule has 2 nitrogen and oxygen atoms in total. The maximum absolute atomic E-state index is 5.89. The van der Waals surface area contributed by atoms with Crippen LogP contribution in [-0.2, 0) is 6.54 Å². The minimum absolute atomic E-state index is 0.856. The van der Waals surface area contributed by atoms with E-state index >= 15 is 0 Å². The van der Waals surface area contributed by atoms with Crippen molar-refractivity contribution in [3.63, 3.8) is 0 Å². The van der Waals surface area contributed by atoms with Gasteiger partial charge in [-0.1, -0.05) is 25.1 Å². The van der Waals surface area contributed by atoms with E-state index in [9.17, 15) is 0 Å². The van der Waals surface area contributed by atoms with Crippen LogP contribution in [0.4, 0.5) is 0 Å². The molecule has 0 fully saturated rings. The van der Waals surface area contributed by atoms with Crippen molar-refractivity contribution in [2.75, 3.05) is 26.7 Å². The van der Waals surface area contributed by atoms with Gasteiger partial charge in [-0.25, -0.2) is 0 Å². The molecule has 1 rings (SSSR count). The maximum atomic E-state index is 5.89. The predicted octanol–water partition coefficient (Wildman–Crippen LogP) is 3.00. The molecule has 0 radical (unpaired) electrons. The van der Waals surface area contributed by atoms with Gasteiger partial charge >= 0.3 is 0 Å². The van der Waals surface area contributed by atoms with Crippen LogP contribution in [0.1, 0.15) is 11.8 Å². The Balaban J connectivity index is 2.30. The molecule has 0 spiro atoms. The Morgan fingerprint density at radius 2 is 2.31 bits per heavy atom. The zero-order valence-corrected chi connectivity index (χ0v) is 11.5. The van der Waals surface area contributed by atoms with E-state index < -0.39 is 0 Å². The summed E-state index contributed by atoms with van der Waals surface area (Å²) in [7, 11) is 2.10. The lowest BCUT2D eigenvalue weighted by Crippen LogP contribution is -2.25. The highest BCUT2D eigenvalue weighted by Crippen LogP contribution is 2.22. The molecule has 1 heterocycles. The second-order valence-electron chi connectivity index (χ2n) is 3.91. The molecule has 0 aliphatic rings. The molecule has 0 aromatic carbocycles. The first-order chi connectivity index (χ1) is 7.61. The van der Waals surface area contributed by atoms with Gasteiger partial charge in [0.05, 0.1) is 4.34 Å². The fourth-order valence-electron chi connectivity index (χ4n) is 1.50. The van der Waals surface area contributed by atoms with Gasteiger partial charge in [-0.15, -0.1) is 11.3 Å². The van der Waals surface area contributed by atoms with Crippen molar-refractivity contribution >= 4 is 22.9 Å². The van der Waals surface area contributed by atoms with E-state index in [2.05, 4.69) is 36.8 Å². The molecule has 0 unspecified atom stereocenters. The van der Waals surface area contributed by atoms with Gasteiger partial charge in [-0.05, 0) is 31.3 Å². The zero-order valence-electron chi connectivity index (χ0n) is 9.92. The topological polar surface area (TPSA) is 15.3 Å². The Labute approximate surface area is 107 Å². The Hall–Kier alpha value is -0.350. The molecule has 16 heavy (non-hydrogen) atoms. The van der Waals surface area contributed by atoms with Gasteiger partial charge < -0.3 is 5.32 Å². The molecule has 0 atom stereocenters. The molecule has 1 aromatic heterocycles. The quantitative estimate of drug-likeness (QED) is 0.757. The Kier molecular flexibility index (Phi) is 6.06. The lowest BCUT2D eigenvalue weighted by atomic mass is 10.3. The summed E-state index contributed by atoms with van der Waals surface area (Å²) in [5, 5.41) is 3.28. The number of halogens is 1. The summed E-state index contributed by atoms with van der Waals surface area (Å²) >= 11 is 7.53. The summed E-state index contributed by atoms with van der Waals surface area (Å²) in [6.45, 7) is 9.89. The van der Waals surface area contributed by atoms with Crippen molar-refractivity contribution in [1.82, 2.24) is 10.2 Å². The number of thiophene rings is 1. The van der Waals surface area contributed by atoms with Crippen LogP contribution in [0.3, 0.4) is 0 Å². The molecule has 0 bridgehead atoms. The van der Waals surface area contributed by atoms with Gasteiger partial charge in [0.1, 0.15) is 0 Å². The fraction of sp³-hybridized carbons (Fsp3) is 0.500. The summed E-state index contributed by atoms with van der Waals surface area (Å²) in [5.74, 6) is 0. The van der Waals surface area contributed by atoms with Crippen molar-refractivity contribution in [3.05, 3.63) is 33.5 Å². The highest BCUT2D eigenvalue weighted by atomic mass is 35.5. The normalized spacial score (nSPS) is 11.0. The minimum atomic E-state index is 0.856. The molecule has 0 aliphatic heterocycles. The van der Waals surface area contributed by atoms with E-state index in [4.69, 9.17) is 11.6 Å². The SMILES string of the molecule is C=C(CNCC)CN(C)Cc1ccc(Cl)s1. The summed E-state index contributed by atoms with van der Waals surface area (Å²) < 4.78 is 0.856. The van der Waals surface area contributed by atoms with Crippen LogP contribution in [0.2, 0.25) is 4.34 Å². The monoisotopic (exact) mass is 258 g/mol. The first-order valence-electron chi connectivity index (χ1n) is 5.42. The van der Waals surface area contributed by atoms with E-state index in [-0.39, 0.29) is 0 Å². The van der Waals surface area contributed by atoms with Crippen molar-refractivity contribution < 1.29 is 0 Å². The number of likely N-dealkylation sites (N-methyl/N-ethyl adjacent to an activating group) is 2. The van der Waals surface area contributed by atoms with E-state index in [1.54, 1.807) is 11.3 Å². The molecule has 1 aromatic rings. The number of hydrogen-bond donors (Lipinski definition) is 1. The Bertz CT molecular complexity index is 336. The third-order valence-electron chi connectivity index (χ3n) is 2.17. The van der Waals surface area contributed by atoms with Crippen LogP contribution in [0.15, 0.2) is 24.3 Å². The predicted molar refractivity (Wildman–Crippen MR) is 73.3 cm³/mol. The molecule has 4 heteroatoms. The van der Waals surface area contributed by atoms with Crippen molar-refractivity contribution in [1.29, 1.82) is 0 Å². The molecule has 0 saturated heterocycles. The lowest BCUT2D eigenvalue weighted by Gasteiger charge is -2.17. The summed E-state index contributed by atoms with van der Waals surface area (Å²) in [4.78, 5) is 3.55.